The van der Waals surface area contributed by atoms with Crippen molar-refractivity contribution >= 4 is 34.9 Å². The molecular formula is C14H9ClF2N2OS. The summed E-state index contributed by atoms with van der Waals surface area (Å²) in [7, 11) is 1.38. The summed E-state index contributed by atoms with van der Waals surface area (Å²) in [5.41, 5.74) is 1.51. The molecule has 2 aromatic carbocycles. The number of methoxy groups -OCH3 is 1. The Bertz CT molecular complexity index is 904. The van der Waals surface area contributed by atoms with Crippen LogP contribution < -0.4 is 4.74 Å². The van der Waals surface area contributed by atoms with E-state index in [9.17, 15) is 8.78 Å². The van der Waals surface area contributed by atoms with Crippen molar-refractivity contribution in [2.24, 2.45) is 0 Å². The van der Waals surface area contributed by atoms with Gasteiger partial charge in [0.05, 0.1) is 28.9 Å². The molecule has 1 heterocycles. The Morgan fingerprint density at radius 3 is 2.62 bits per heavy atom. The number of halogens is 3. The van der Waals surface area contributed by atoms with Gasteiger partial charge >= 0.3 is 0 Å². The molecule has 3 nitrogen and oxygen atoms in total. The SMILES string of the molecule is COc1ccc(-n2c(=S)[nH]c3cc(Cl)c(F)cc32)cc1F. The van der Waals surface area contributed by atoms with E-state index in [2.05, 4.69) is 4.98 Å². The first-order valence-corrected chi connectivity index (χ1v) is 6.73. The van der Waals surface area contributed by atoms with Crippen LogP contribution in [-0.2, 0) is 0 Å². The van der Waals surface area contributed by atoms with Gasteiger partial charge in [-0.25, -0.2) is 8.78 Å². The van der Waals surface area contributed by atoms with Crippen LogP contribution in [-0.4, -0.2) is 16.7 Å². The minimum Gasteiger partial charge on any atom is -0.494 e. The smallest absolute Gasteiger partial charge is 0.182 e. The summed E-state index contributed by atoms with van der Waals surface area (Å²) in [6, 6.07) is 7.09. The van der Waals surface area contributed by atoms with Crippen molar-refractivity contribution in [3.05, 3.63) is 51.8 Å². The number of nitrogens with zero attached hydrogens (tertiary/aromatic N) is 1. The highest BCUT2D eigenvalue weighted by Gasteiger charge is 2.12. The molecule has 0 fully saturated rings. The van der Waals surface area contributed by atoms with Gasteiger partial charge in [0.25, 0.3) is 0 Å². The Morgan fingerprint density at radius 1 is 1.19 bits per heavy atom. The molecule has 108 valence electrons. The predicted molar refractivity (Wildman–Crippen MR) is 79.9 cm³/mol. The third kappa shape index (κ3) is 2.30. The van der Waals surface area contributed by atoms with Gasteiger partial charge in [-0.2, -0.15) is 0 Å². The molecule has 0 spiro atoms. The third-order valence-electron chi connectivity index (χ3n) is 3.12. The number of benzene rings is 2. The molecule has 21 heavy (non-hydrogen) atoms. The van der Waals surface area contributed by atoms with Crippen LogP contribution in [0, 0.1) is 16.4 Å². The van der Waals surface area contributed by atoms with Crippen molar-refractivity contribution in [1.82, 2.24) is 9.55 Å². The first-order valence-electron chi connectivity index (χ1n) is 5.95. The Hall–Kier alpha value is -1.92. The molecule has 0 saturated heterocycles. The fourth-order valence-electron chi connectivity index (χ4n) is 2.15. The second-order valence-electron chi connectivity index (χ2n) is 4.37. The van der Waals surface area contributed by atoms with Crippen LogP contribution in [0.5, 0.6) is 5.75 Å². The highest BCUT2D eigenvalue weighted by Crippen LogP contribution is 2.27. The van der Waals surface area contributed by atoms with Crippen LogP contribution in [0.25, 0.3) is 16.7 Å². The zero-order valence-electron chi connectivity index (χ0n) is 10.8. The maximum Gasteiger partial charge on any atom is 0.182 e. The van der Waals surface area contributed by atoms with Crippen LogP contribution in [0.3, 0.4) is 0 Å². The van der Waals surface area contributed by atoms with Gasteiger partial charge < -0.3 is 9.72 Å². The van der Waals surface area contributed by atoms with Crippen molar-refractivity contribution in [3.8, 4) is 11.4 Å². The van der Waals surface area contributed by atoms with Gasteiger partial charge in [0.2, 0.25) is 0 Å². The number of H-pyrrole nitrogens is 1. The standard InChI is InChI=1S/C14H9ClF2N2OS/c1-20-13-3-2-7(4-10(13)17)19-12-6-9(16)8(15)5-11(12)18-14(19)21/h2-6H,1H3,(H,18,21). The zero-order chi connectivity index (χ0) is 15.1. The molecular weight excluding hydrogens is 318 g/mol. The number of aromatic amines is 1. The number of ether oxygens (including phenoxy) is 1. The third-order valence-corrected chi connectivity index (χ3v) is 3.69. The monoisotopic (exact) mass is 326 g/mol. The highest BCUT2D eigenvalue weighted by atomic mass is 35.5. The molecule has 0 atom stereocenters. The van der Waals surface area contributed by atoms with E-state index in [1.165, 1.54) is 35.9 Å². The van der Waals surface area contributed by atoms with Crippen molar-refractivity contribution < 1.29 is 13.5 Å². The molecule has 3 rings (SSSR count). The van der Waals surface area contributed by atoms with E-state index in [0.29, 0.717) is 21.5 Å². The number of hydrogen-bond donors (Lipinski definition) is 1. The predicted octanol–water partition coefficient (Wildman–Crippen LogP) is 4.63. The second-order valence-corrected chi connectivity index (χ2v) is 5.16. The minimum atomic E-state index is -0.569. The van der Waals surface area contributed by atoms with Crippen LogP contribution in [0.2, 0.25) is 5.02 Å². The van der Waals surface area contributed by atoms with Crippen molar-refractivity contribution in [2.45, 2.75) is 0 Å². The molecule has 7 heteroatoms. The number of hydrogen-bond acceptors (Lipinski definition) is 2. The summed E-state index contributed by atoms with van der Waals surface area (Å²) in [5, 5.41) is -0.00758. The van der Waals surface area contributed by atoms with Crippen LogP contribution >= 0.6 is 23.8 Å². The molecule has 1 N–H and O–H groups in total. The molecule has 0 radical (unpaired) electrons. The molecule has 0 aliphatic heterocycles. The number of aromatic nitrogens is 2. The highest BCUT2D eigenvalue weighted by molar-refractivity contribution is 7.71. The maximum absolute atomic E-state index is 13.8. The van der Waals surface area contributed by atoms with Crippen molar-refractivity contribution in [3.63, 3.8) is 0 Å². The first kappa shape index (κ1) is 14.0. The molecule has 0 amide bonds. The van der Waals surface area contributed by atoms with E-state index in [0.717, 1.165) is 0 Å². The van der Waals surface area contributed by atoms with Crippen LogP contribution in [0.15, 0.2) is 30.3 Å². The van der Waals surface area contributed by atoms with E-state index in [-0.39, 0.29) is 10.8 Å². The van der Waals surface area contributed by atoms with Gasteiger partial charge in [-0.3, -0.25) is 4.57 Å². The number of fused-ring (bicyclic) bond motifs is 1. The Morgan fingerprint density at radius 2 is 1.95 bits per heavy atom. The van der Waals surface area contributed by atoms with Gasteiger partial charge in [0.15, 0.2) is 16.3 Å². The maximum atomic E-state index is 13.8. The van der Waals surface area contributed by atoms with E-state index in [1.807, 2.05) is 0 Å². The molecule has 0 unspecified atom stereocenters. The molecule has 0 aliphatic rings. The molecule has 0 saturated carbocycles. The van der Waals surface area contributed by atoms with Gasteiger partial charge in [-0.15, -0.1) is 0 Å². The lowest BCUT2D eigenvalue weighted by Gasteiger charge is -2.07. The van der Waals surface area contributed by atoms with Crippen LogP contribution in [0.1, 0.15) is 0 Å². The quantitative estimate of drug-likeness (QED) is 0.696. The number of nitrogens with one attached hydrogen (secondary N) is 1. The summed E-state index contributed by atoms with van der Waals surface area (Å²) in [5.74, 6) is -0.971. The summed E-state index contributed by atoms with van der Waals surface area (Å²) in [6.45, 7) is 0. The topological polar surface area (TPSA) is 29.9 Å². The van der Waals surface area contributed by atoms with E-state index < -0.39 is 11.6 Å². The van der Waals surface area contributed by atoms with Crippen LogP contribution in [0.4, 0.5) is 8.78 Å². The molecule has 0 aliphatic carbocycles. The summed E-state index contributed by atoms with van der Waals surface area (Å²) >= 11 is 11.0. The van der Waals surface area contributed by atoms with Crippen molar-refractivity contribution in [1.29, 1.82) is 0 Å². The molecule has 1 aromatic heterocycles. The average Bonchev–Trinajstić information content (AvgIpc) is 2.74. The fourth-order valence-corrected chi connectivity index (χ4v) is 2.63. The average molecular weight is 327 g/mol. The number of rotatable bonds is 2. The fraction of sp³-hybridized carbons (Fsp3) is 0.0714. The van der Waals surface area contributed by atoms with Gasteiger partial charge in [0, 0.05) is 12.1 Å². The summed E-state index contributed by atoms with van der Waals surface area (Å²) in [4.78, 5) is 2.91. The lowest BCUT2D eigenvalue weighted by atomic mass is 10.2. The lowest BCUT2D eigenvalue weighted by molar-refractivity contribution is 0.386. The zero-order valence-corrected chi connectivity index (χ0v) is 12.4. The van der Waals surface area contributed by atoms with E-state index in [4.69, 9.17) is 28.6 Å². The molecule has 0 bridgehead atoms. The lowest BCUT2D eigenvalue weighted by Crippen LogP contribution is -1.97. The minimum absolute atomic E-state index is 0.00758. The van der Waals surface area contributed by atoms with E-state index >= 15 is 0 Å². The molecule has 3 aromatic rings. The van der Waals surface area contributed by atoms with E-state index in [1.54, 1.807) is 6.07 Å². The van der Waals surface area contributed by atoms with Gasteiger partial charge in [0.1, 0.15) is 5.82 Å². The largest absolute Gasteiger partial charge is 0.494 e. The first-order chi connectivity index (χ1) is 10.0. The summed E-state index contributed by atoms with van der Waals surface area (Å²) < 4.78 is 34.2. The normalized spacial score (nSPS) is 11.0. The summed E-state index contributed by atoms with van der Waals surface area (Å²) in [6.07, 6.45) is 0. The Kier molecular flexibility index (Phi) is 3.43. The van der Waals surface area contributed by atoms with Gasteiger partial charge in [-0.05, 0) is 30.4 Å². The van der Waals surface area contributed by atoms with Gasteiger partial charge in [-0.1, -0.05) is 11.6 Å². The Labute approximate surface area is 128 Å². The Balaban J connectivity index is 2.29. The van der Waals surface area contributed by atoms with Crippen molar-refractivity contribution in [2.75, 3.05) is 7.11 Å². The second kappa shape index (κ2) is 5.13. The number of imidazole rings is 1.